The minimum absolute atomic E-state index is 0.0380. The van der Waals surface area contributed by atoms with Gasteiger partial charge < -0.3 is 23.1 Å². The van der Waals surface area contributed by atoms with E-state index in [1.54, 1.807) is 0 Å². The number of halogens is 1. The highest BCUT2D eigenvalue weighted by molar-refractivity contribution is 6.70. The Kier molecular flexibility index (Phi) is 12.3. The molecule has 1 heterocycles. The van der Waals surface area contributed by atoms with Crippen molar-refractivity contribution in [2.24, 2.45) is 11.3 Å². The molecule has 6 atom stereocenters. The Morgan fingerprint density at radius 1 is 0.915 bits per heavy atom. The number of ether oxygens (including phenoxy) is 1. The first-order valence-corrected chi connectivity index (χ1v) is 28.5. The zero-order valence-electron chi connectivity index (χ0n) is 31.3. The summed E-state index contributed by atoms with van der Waals surface area (Å²) in [5.41, 5.74) is 4.72. The molecule has 47 heavy (non-hydrogen) atoms. The third-order valence-electron chi connectivity index (χ3n) is 9.91. The molecule has 0 aromatic heterocycles. The van der Waals surface area contributed by atoms with Crippen molar-refractivity contribution in [1.82, 2.24) is 0 Å². The fourth-order valence-corrected chi connectivity index (χ4v) is 9.91. The standard InChI is InChI=1S/C38H63ClO5Si3/c1-27(20-23-37(3)21-13-22-37)30-16-14-29(15-17-30)24-31-25-32(18-19-33(31)39)38(40)36(44-47(10,11)12)35(43-46(7,8)9)28(2)34(42-38)26-41-45(4,5)6/h14-19,25,27-28,34-36,40H,13,20-24,26H2,1-12H3/t27?,28-,34-,35+,36-,38?/m1/s1. The van der Waals surface area contributed by atoms with E-state index in [1.807, 2.05) is 18.2 Å². The number of benzene rings is 2. The van der Waals surface area contributed by atoms with Gasteiger partial charge in [-0.2, -0.15) is 0 Å². The van der Waals surface area contributed by atoms with Gasteiger partial charge in [0.25, 0.3) is 0 Å². The van der Waals surface area contributed by atoms with Crippen molar-refractivity contribution in [3.63, 3.8) is 0 Å². The molecule has 9 heteroatoms. The first-order chi connectivity index (χ1) is 21.6. The van der Waals surface area contributed by atoms with Crippen LogP contribution < -0.4 is 0 Å². The third-order valence-corrected chi connectivity index (χ3v) is 13.3. The molecule has 1 saturated heterocycles. The molecule has 0 bridgehead atoms. The lowest BCUT2D eigenvalue weighted by Crippen LogP contribution is -2.65. The molecule has 4 rings (SSSR count). The summed E-state index contributed by atoms with van der Waals surface area (Å²) in [4.78, 5) is 0. The fraction of sp³-hybridized carbons (Fsp3) is 0.684. The van der Waals surface area contributed by atoms with Gasteiger partial charge in [0, 0.05) is 16.5 Å². The first-order valence-electron chi connectivity index (χ1n) is 17.9. The summed E-state index contributed by atoms with van der Waals surface area (Å²) in [5.74, 6) is -1.23. The van der Waals surface area contributed by atoms with E-state index in [2.05, 4.69) is 104 Å². The topological polar surface area (TPSA) is 57.2 Å². The quantitative estimate of drug-likeness (QED) is 0.197. The minimum atomic E-state index is -2.15. The number of hydrogen-bond donors (Lipinski definition) is 1. The van der Waals surface area contributed by atoms with Crippen LogP contribution >= 0.6 is 11.6 Å². The second-order valence-corrected chi connectivity index (χ2v) is 31.7. The van der Waals surface area contributed by atoms with Crippen LogP contribution in [0, 0.1) is 11.3 Å². The Labute approximate surface area is 294 Å². The smallest absolute Gasteiger partial charge is 0.221 e. The molecule has 2 aromatic carbocycles. The van der Waals surface area contributed by atoms with E-state index >= 15 is 0 Å². The molecule has 2 aliphatic rings. The van der Waals surface area contributed by atoms with Gasteiger partial charge in [0.2, 0.25) is 5.79 Å². The average Bonchev–Trinajstić information content (AvgIpc) is 2.93. The summed E-state index contributed by atoms with van der Waals surface area (Å²) in [6.07, 6.45) is 5.91. The zero-order valence-corrected chi connectivity index (χ0v) is 35.1. The van der Waals surface area contributed by atoms with E-state index in [1.165, 1.54) is 43.2 Å². The van der Waals surface area contributed by atoms with Gasteiger partial charge in [-0.25, -0.2) is 0 Å². The summed E-state index contributed by atoms with van der Waals surface area (Å²) in [5, 5.41) is 13.5. The van der Waals surface area contributed by atoms with E-state index in [9.17, 15) is 5.11 Å². The Bertz CT molecular complexity index is 1330. The van der Waals surface area contributed by atoms with E-state index in [4.69, 9.17) is 29.6 Å². The molecule has 0 spiro atoms. The van der Waals surface area contributed by atoms with Crippen molar-refractivity contribution in [3.8, 4) is 0 Å². The molecule has 1 aliphatic heterocycles. The van der Waals surface area contributed by atoms with E-state index in [-0.39, 0.29) is 18.1 Å². The van der Waals surface area contributed by atoms with Gasteiger partial charge in [-0.1, -0.05) is 69.1 Å². The van der Waals surface area contributed by atoms with Crippen LogP contribution in [0.5, 0.6) is 0 Å². The van der Waals surface area contributed by atoms with Crippen LogP contribution in [0.25, 0.3) is 0 Å². The lowest BCUT2D eigenvalue weighted by Gasteiger charge is -2.53. The van der Waals surface area contributed by atoms with Crippen LogP contribution in [0.1, 0.15) is 81.0 Å². The molecule has 1 N–H and O–H groups in total. The summed E-state index contributed by atoms with van der Waals surface area (Å²) < 4.78 is 26.9. The van der Waals surface area contributed by atoms with Crippen molar-refractivity contribution >= 4 is 36.6 Å². The largest absolute Gasteiger partial charge is 0.415 e. The summed E-state index contributed by atoms with van der Waals surface area (Å²) in [6, 6.07) is 14.8. The third kappa shape index (κ3) is 10.6. The molecule has 264 valence electrons. The molecule has 5 nitrogen and oxygen atoms in total. The number of aliphatic hydroxyl groups is 1. The molecular weight excluding hydrogens is 656 g/mol. The first kappa shape index (κ1) is 39.0. The minimum Gasteiger partial charge on any atom is -0.415 e. The van der Waals surface area contributed by atoms with Gasteiger partial charge in [-0.3, -0.25) is 0 Å². The highest BCUT2D eigenvalue weighted by Gasteiger charge is 2.57. The Balaban J connectivity index is 1.64. The Morgan fingerprint density at radius 3 is 2.06 bits per heavy atom. The Morgan fingerprint density at radius 2 is 1.53 bits per heavy atom. The van der Waals surface area contributed by atoms with E-state index < -0.39 is 36.8 Å². The second-order valence-electron chi connectivity index (χ2n) is 17.8. The Hall–Kier alpha value is -0.819. The van der Waals surface area contributed by atoms with Crippen LogP contribution in [-0.2, 0) is 30.2 Å². The maximum atomic E-state index is 12.8. The van der Waals surface area contributed by atoms with Crippen molar-refractivity contribution in [2.75, 3.05) is 6.61 Å². The van der Waals surface area contributed by atoms with Gasteiger partial charge >= 0.3 is 0 Å². The fourth-order valence-electron chi connectivity index (χ4n) is 6.85. The molecule has 2 fully saturated rings. The highest BCUT2D eigenvalue weighted by Crippen LogP contribution is 2.46. The lowest BCUT2D eigenvalue weighted by molar-refractivity contribution is -0.341. The molecule has 1 aliphatic carbocycles. The van der Waals surface area contributed by atoms with E-state index in [0.717, 1.165) is 5.56 Å². The van der Waals surface area contributed by atoms with Crippen molar-refractivity contribution in [3.05, 3.63) is 69.7 Å². The van der Waals surface area contributed by atoms with Gasteiger partial charge in [-0.15, -0.1) is 0 Å². The molecular formula is C38H63ClO5Si3. The number of hydrogen-bond acceptors (Lipinski definition) is 5. The van der Waals surface area contributed by atoms with Crippen LogP contribution in [0.4, 0.5) is 0 Å². The van der Waals surface area contributed by atoms with Crippen LogP contribution in [-0.4, -0.2) is 55.0 Å². The monoisotopic (exact) mass is 718 g/mol. The molecule has 1 saturated carbocycles. The predicted octanol–water partition coefficient (Wildman–Crippen LogP) is 10.5. The summed E-state index contributed by atoms with van der Waals surface area (Å²) in [6.45, 7) is 26.9. The van der Waals surface area contributed by atoms with Gasteiger partial charge in [0.1, 0.15) is 6.10 Å². The highest BCUT2D eigenvalue weighted by atomic mass is 35.5. The van der Waals surface area contributed by atoms with Crippen LogP contribution in [0.3, 0.4) is 0 Å². The van der Waals surface area contributed by atoms with Crippen molar-refractivity contribution < 1.29 is 23.1 Å². The van der Waals surface area contributed by atoms with E-state index in [0.29, 0.717) is 34.9 Å². The van der Waals surface area contributed by atoms with Gasteiger partial charge in [-0.05, 0) is 131 Å². The normalized spacial score (nSPS) is 27.4. The molecule has 0 radical (unpaired) electrons. The maximum absolute atomic E-state index is 12.8. The lowest BCUT2D eigenvalue weighted by atomic mass is 9.67. The maximum Gasteiger partial charge on any atom is 0.221 e. The summed E-state index contributed by atoms with van der Waals surface area (Å²) >= 11 is 6.84. The zero-order chi connectivity index (χ0) is 35.0. The average molecular weight is 720 g/mol. The van der Waals surface area contributed by atoms with Crippen LogP contribution in [0.2, 0.25) is 63.9 Å². The van der Waals surface area contributed by atoms with Crippen molar-refractivity contribution in [2.45, 2.75) is 148 Å². The second kappa shape index (κ2) is 14.8. The molecule has 0 amide bonds. The predicted molar refractivity (Wildman–Crippen MR) is 204 cm³/mol. The number of rotatable bonds is 14. The van der Waals surface area contributed by atoms with Crippen molar-refractivity contribution in [1.29, 1.82) is 0 Å². The van der Waals surface area contributed by atoms with Gasteiger partial charge in [0.15, 0.2) is 25.0 Å². The van der Waals surface area contributed by atoms with Crippen LogP contribution in [0.15, 0.2) is 42.5 Å². The SMILES string of the molecule is CC(CCC1(C)CCC1)c1ccc(Cc2cc(C3(O)O[C@H](CO[Si](C)(C)C)[C@@H](C)[C@H](O[Si](C)(C)C)[C@H]3O[Si](C)(C)C)ccc2Cl)cc1. The molecule has 2 aromatic rings. The molecule has 2 unspecified atom stereocenters. The van der Waals surface area contributed by atoms with Gasteiger partial charge in [0.05, 0.1) is 18.8 Å². The summed E-state index contributed by atoms with van der Waals surface area (Å²) in [7, 11) is -6.03.